The molecule has 17 heavy (non-hydrogen) atoms. The Morgan fingerprint density at radius 2 is 2.00 bits per heavy atom. The molecule has 84 valence electrons. The number of carbonyl (C=O) groups is 1. The van der Waals surface area contributed by atoms with Crippen LogP contribution in [-0.2, 0) is 0 Å². The summed E-state index contributed by atoms with van der Waals surface area (Å²) in [6, 6.07) is 10.3. The predicted octanol–water partition coefficient (Wildman–Crippen LogP) is 3.53. The van der Waals surface area contributed by atoms with Crippen LogP contribution in [0.15, 0.2) is 35.7 Å². The van der Waals surface area contributed by atoms with E-state index >= 15 is 0 Å². The number of rotatable bonds is 2. The maximum absolute atomic E-state index is 11.8. The third-order valence-corrected chi connectivity index (χ3v) is 3.44. The van der Waals surface area contributed by atoms with Gasteiger partial charge in [0.25, 0.3) is 5.91 Å². The van der Waals surface area contributed by atoms with Crippen LogP contribution in [-0.4, -0.2) is 5.91 Å². The molecule has 0 radical (unpaired) electrons. The number of benzene rings is 1. The molecular weight excluding hydrogens is 256 g/mol. The lowest BCUT2D eigenvalue weighted by Gasteiger charge is -2.03. The van der Waals surface area contributed by atoms with Crippen molar-refractivity contribution >= 4 is 34.5 Å². The van der Waals surface area contributed by atoms with E-state index in [1.165, 1.54) is 11.3 Å². The summed E-state index contributed by atoms with van der Waals surface area (Å²) in [5.74, 6) is -0.241. The number of amides is 1. The quantitative estimate of drug-likeness (QED) is 0.900. The molecule has 0 atom stereocenters. The lowest BCUT2D eigenvalue weighted by atomic mass is 10.2. The SMILES string of the molecule is N#Cc1ccc(NC(=O)c2sccc2Cl)cc1. The number of anilines is 1. The van der Waals surface area contributed by atoms with E-state index in [0.717, 1.165) is 0 Å². The molecule has 2 rings (SSSR count). The average Bonchev–Trinajstić information content (AvgIpc) is 2.76. The van der Waals surface area contributed by atoms with E-state index in [2.05, 4.69) is 5.32 Å². The van der Waals surface area contributed by atoms with Crippen LogP contribution in [0.1, 0.15) is 15.2 Å². The summed E-state index contributed by atoms with van der Waals surface area (Å²) in [6.45, 7) is 0. The van der Waals surface area contributed by atoms with Crippen LogP contribution >= 0.6 is 22.9 Å². The predicted molar refractivity (Wildman–Crippen MR) is 68.4 cm³/mol. The third kappa shape index (κ3) is 2.64. The van der Waals surface area contributed by atoms with Crippen LogP contribution < -0.4 is 5.32 Å². The number of carbonyl (C=O) groups excluding carboxylic acids is 1. The van der Waals surface area contributed by atoms with E-state index in [9.17, 15) is 4.79 Å². The average molecular weight is 263 g/mol. The van der Waals surface area contributed by atoms with Gasteiger partial charge in [0.15, 0.2) is 0 Å². The highest BCUT2D eigenvalue weighted by Crippen LogP contribution is 2.23. The lowest BCUT2D eigenvalue weighted by Crippen LogP contribution is -2.10. The number of nitrogens with zero attached hydrogens (tertiary/aromatic N) is 1. The Morgan fingerprint density at radius 1 is 1.29 bits per heavy atom. The first-order valence-corrected chi connectivity index (χ1v) is 6.01. The molecule has 0 saturated carbocycles. The van der Waals surface area contributed by atoms with Crippen molar-refractivity contribution < 1.29 is 4.79 Å². The third-order valence-electron chi connectivity index (χ3n) is 2.10. The van der Waals surface area contributed by atoms with Crippen LogP contribution in [0.3, 0.4) is 0 Å². The fraction of sp³-hybridized carbons (Fsp3) is 0. The highest BCUT2D eigenvalue weighted by atomic mass is 35.5. The molecule has 0 saturated heterocycles. The smallest absolute Gasteiger partial charge is 0.267 e. The maximum atomic E-state index is 11.8. The zero-order chi connectivity index (χ0) is 12.3. The largest absolute Gasteiger partial charge is 0.321 e. The monoisotopic (exact) mass is 262 g/mol. The van der Waals surface area contributed by atoms with Crippen molar-refractivity contribution in [2.45, 2.75) is 0 Å². The molecule has 5 heteroatoms. The van der Waals surface area contributed by atoms with Gasteiger partial charge in [-0.25, -0.2) is 0 Å². The summed E-state index contributed by atoms with van der Waals surface area (Å²) in [4.78, 5) is 12.3. The zero-order valence-electron chi connectivity index (χ0n) is 8.61. The lowest BCUT2D eigenvalue weighted by molar-refractivity contribution is 0.103. The van der Waals surface area contributed by atoms with E-state index in [1.54, 1.807) is 35.7 Å². The molecule has 0 spiro atoms. The Hall–Kier alpha value is -1.83. The second-order valence-corrected chi connectivity index (χ2v) is 4.56. The van der Waals surface area contributed by atoms with Crippen LogP contribution in [0.4, 0.5) is 5.69 Å². The van der Waals surface area contributed by atoms with Crippen LogP contribution in [0.5, 0.6) is 0 Å². The molecule has 3 nitrogen and oxygen atoms in total. The first kappa shape index (κ1) is 11.6. The molecular formula is C12H7ClN2OS. The van der Waals surface area contributed by atoms with Crippen molar-refractivity contribution in [2.24, 2.45) is 0 Å². The van der Waals surface area contributed by atoms with Crippen LogP contribution in [0, 0.1) is 11.3 Å². The fourth-order valence-electron chi connectivity index (χ4n) is 1.27. The summed E-state index contributed by atoms with van der Waals surface area (Å²) in [5, 5.41) is 13.6. The molecule has 2 aromatic rings. The molecule has 1 heterocycles. The molecule has 0 aliphatic carbocycles. The molecule has 1 aromatic heterocycles. The number of nitrogens with one attached hydrogen (secondary N) is 1. The molecule has 0 bridgehead atoms. The van der Waals surface area contributed by atoms with Crippen LogP contribution in [0.2, 0.25) is 5.02 Å². The van der Waals surface area contributed by atoms with E-state index in [1.807, 2.05) is 6.07 Å². The Balaban J connectivity index is 2.14. The van der Waals surface area contributed by atoms with Gasteiger partial charge in [-0.1, -0.05) is 11.6 Å². The van der Waals surface area contributed by atoms with Crippen molar-refractivity contribution in [1.82, 2.24) is 0 Å². The second-order valence-electron chi connectivity index (χ2n) is 3.24. The topological polar surface area (TPSA) is 52.9 Å². The van der Waals surface area contributed by atoms with E-state index in [4.69, 9.17) is 16.9 Å². The molecule has 0 aliphatic heterocycles. The molecule has 1 aromatic carbocycles. The van der Waals surface area contributed by atoms with Crippen LogP contribution in [0.25, 0.3) is 0 Å². The Kier molecular flexibility index (Phi) is 3.43. The van der Waals surface area contributed by atoms with Gasteiger partial charge in [0.05, 0.1) is 16.7 Å². The standard InChI is InChI=1S/C12H7ClN2OS/c13-10-5-6-17-11(10)12(16)15-9-3-1-8(7-14)2-4-9/h1-6H,(H,15,16). The van der Waals surface area contributed by atoms with E-state index < -0.39 is 0 Å². The van der Waals surface area contributed by atoms with Gasteiger partial charge in [-0.2, -0.15) is 5.26 Å². The molecule has 1 amide bonds. The summed E-state index contributed by atoms with van der Waals surface area (Å²) >= 11 is 7.14. The molecule has 1 N–H and O–H groups in total. The molecule has 0 unspecified atom stereocenters. The van der Waals surface area contributed by atoms with Crippen molar-refractivity contribution in [1.29, 1.82) is 5.26 Å². The van der Waals surface area contributed by atoms with Gasteiger partial charge in [-0.3, -0.25) is 4.79 Å². The second kappa shape index (κ2) is 5.00. The van der Waals surface area contributed by atoms with Gasteiger partial charge in [0.2, 0.25) is 0 Å². The van der Waals surface area contributed by atoms with E-state index in [0.29, 0.717) is 21.2 Å². The first-order chi connectivity index (χ1) is 8.20. The highest BCUT2D eigenvalue weighted by Gasteiger charge is 2.11. The van der Waals surface area contributed by atoms with E-state index in [-0.39, 0.29) is 5.91 Å². The molecule has 0 fully saturated rings. The van der Waals surface area contributed by atoms with Crippen molar-refractivity contribution in [2.75, 3.05) is 5.32 Å². The van der Waals surface area contributed by atoms with Crippen molar-refractivity contribution in [3.63, 3.8) is 0 Å². The number of hydrogen-bond donors (Lipinski definition) is 1. The summed E-state index contributed by atoms with van der Waals surface area (Å²) < 4.78 is 0. The van der Waals surface area contributed by atoms with Gasteiger partial charge in [-0.15, -0.1) is 11.3 Å². The highest BCUT2D eigenvalue weighted by molar-refractivity contribution is 7.12. The molecule has 0 aliphatic rings. The Labute approximate surface area is 107 Å². The number of hydrogen-bond acceptors (Lipinski definition) is 3. The minimum atomic E-state index is -0.241. The number of thiophene rings is 1. The summed E-state index contributed by atoms with van der Waals surface area (Å²) in [6.07, 6.45) is 0. The van der Waals surface area contributed by atoms with Gasteiger partial charge >= 0.3 is 0 Å². The maximum Gasteiger partial charge on any atom is 0.267 e. The van der Waals surface area contributed by atoms with Crippen molar-refractivity contribution in [3.05, 3.63) is 51.2 Å². The number of halogens is 1. The zero-order valence-corrected chi connectivity index (χ0v) is 10.2. The van der Waals surface area contributed by atoms with Gasteiger partial charge in [-0.05, 0) is 35.7 Å². The van der Waals surface area contributed by atoms with Crippen molar-refractivity contribution in [3.8, 4) is 6.07 Å². The first-order valence-electron chi connectivity index (χ1n) is 4.75. The van der Waals surface area contributed by atoms with Gasteiger partial charge in [0.1, 0.15) is 4.88 Å². The minimum Gasteiger partial charge on any atom is -0.321 e. The summed E-state index contributed by atoms with van der Waals surface area (Å²) in [7, 11) is 0. The van der Waals surface area contributed by atoms with Gasteiger partial charge < -0.3 is 5.32 Å². The Morgan fingerprint density at radius 3 is 2.53 bits per heavy atom. The normalized spacial score (nSPS) is 9.65. The minimum absolute atomic E-state index is 0.241. The Bertz CT molecular complexity index is 583. The number of nitriles is 1. The van der Waals surface area contributed by atoms with Gasteiger partial charge in [0, 0.05) is 5.69 Å². The fourth-order valence-corrected chi connectivity index (χ4v) is 2.31. The summed E-state index contributed by atoms with van der Waals surface area (Å²) in [5.41, 5.74) is 1.19.